The molecule has 0 radical (unpaired) electrons. The molecule has 0 fully saturated rings. The fraction of sp³-hybridized carbons (Fsp3) is 0.148. The highest BCUT2D eigenvalue weighted by atomic mass is 35.5. The van der Waals surface area contributed by atoms with Gasteiger partial charge in [-0.15, -0.1) is 0 Å². The number of fused-ring (bicyclic) bond motifs is 2. The van der Waals surface area contributed by atoms with Crippen molar-refractivity contribution >= 4 is 58.0 Å². The summed E-state index contributed by atoms with van der Waals surface area (Å²) in [6.45, 7) is 3.53. The van der Waals surface area contributed by atoms with Gasteiger partial charge in [0.1, 0.15) is 22.9 Å². The lowest BCUT2D eigenvalue weighted by Gasteiger charge is -2.23. The van der Waals surface area contributed by atoms with Gasteiger partial charge in [0.15, 0.2) is 0 Å². The summed E-state index contributed by atoms with van der Waals surface area (Å²) in [4.78, 5) is 12.6. The average molecular weight is 511 g/mol. The Labute approximate surface area is 208 Å². The molecule has 180 valence electrons. The minimum atomic E-state index is -4.05. The number of benzene rings is 4. The Morgan fingerprint density at radius 3 is 1.94 bits per heavy atom. The summed E-state index contributed by atoms with van der Waals surface area (Å²) in [5, 5.41) is 14.8. The van der Waals surface area contributed by atoms with Crippen LogP contribution in [-0.4, -0.2) is 24.3 Å². The number of halogens is 1. The van der Waals surface area contributed by atoms with Gasteiger partial charge in [-0.25, -0.2) is 4.79 Å². The first-order valence-electron chi connectivity index (χ1n) is 11.1. The lowest BCUT2D eigenvalue weighted by molar-refractivity contribution is 0.0750. The van der Waals surface area contributed by atoms with Gasteiger partial charge in [-0.2, -0.15) is 0 Å². The number of aliphatic hydroxyl groups is 1. The van der Waals surface area contributed by atoms with Crippen molar-refractivity contribution in [2.75, 3.05) is 13.2 Å². The Morgan fingerprint density at radius 1 is 0.800 bits per heavy atom. The maximum Gasteiger partial charge on any atom is 0.365 e. The summed E-state index contributed by atoms with van der Waals surface area (Å²) in [5.41, 5.74) is 0.564. The molecule has 4 rings (SSSR count). The second kappa shape index (κ2) is 10.6. The van der Waals surface area contributed by atoms with Gasteiger partial charge in [0, 0.05) is 11.1 Å². The van der Waals surface area contributed by atoms with E-state index in [4.69, 9.17) is 20.9 Å². The van der Waals surface area contributed by atoms with Crippen molar-refractivity contribution in [3.63, 3.8) is 0 Å². The molecule has 0 saturated carbocycles. The Morgan fingerprint density at radius 2 is 1.34 bits per heavy atom. The molecule has 0 saturated heterocycles. The van der Waals surface area contributed by atoms with Gasteiger partial charge in [0.05, 0.1) is 18.8 Å². The van der Waals surface area contributed by atoms with Gasteiger partial charge in [-0.3, -0.25) is 4.57 Å². The topological polar surface area (TPSA) is 82.1 Å². The van der Waals surface area contributed by atoms with E-state index in [0.29, 0.717) is 5.56 Å². The first-order valence-corrected chi connectivity index (χ1v) is 13.0. The largest absolute Gasteiger partial charge is 0.506 e. The Kier molecular flexibility index (Phi) is 7.58. The number of rotatable bonds is 8. The third-order valence-corrected chi connectivity index (χ3v) is 7.91. The maximum atomic E-state index is 14.2. The predicted molar refractivity (Wildman–Crippen MR) is 139 cm³/mol. The third kappa shape index (κ3) is 4.84. The highest BCUT2D eigenvalue weighted by molar-refractivity contribution is 7.65. The standard InChI is InChI=1S/C27H24ClO6P/c1-3-32-35(31,33-4-2)26(22-15-9-13-18-10-7-8-14-21(18)22)25(29)23-16-19-11-5-6-12-20(19)17-24(23)27(30)34-28/h5-17,29H,3-4H2,1-2H3/b26-25+. The molecule has 0 bridgehead atoms. The van der Waals surface area contributed by atoms with E-state index in [-0.39, 0.29) is 29.7 Å². The molecule has 0 spiro atoms. The molecule has 0 atom stereocenters. The number of carbonyl (C=O) groups is 1. The minimum Gasteiger partial charge on any atom is -0.506 e. The summed E-state index contributed by atoms with van der Waals surface area (Å²) in [5.74, 6) is -1.28. The van der Waals surface area contributed by atoms with Crippen LogP contribution in [0.3, 0.4) is 0 Å². The molecular weight excluding hydrogens is 487 g/mol. The van der Waals surface area contributed by atoms with Gasteiger partial charge >= 0.3 is 13.6 Å². The molecule has 0 aliphatic carbocycles. The summed E-state index contributed by atoms with van der Waals surface area (Å²) in [6.07, 6.45) is 0. The van der Waals surface area contributed by atoms with Crippen molar-refractivity contribution in [3.05, 3.63) is 95.6 Å². The minimum absolute atomic E-state index is 0.00786. The fourth-order valence-corrected chi connectivity index (χ4v) is 6.08. The van der Waals surface area contributed by atoms with Gasteiger partial charge in [0.2, 0.25) is 0 Å². The summed E-state index contributed by atoms with van der Waals surface area (Å²) in [7, 11) is -4.05. The fourth-order valence-electron chi connectivity index (χ4n) is 4.12. The first kappa shape index (κ1) is 25.0. The average Bonchev–Trinajstić information content (AvgIpc) is 2.88. The van der Waals surface area contributed by atoms with Crippen LogP contribution in [0.2, 0.25) is 0 Å². The Bertz CT molecular complexity index is 1460. The van der Waals surface area contributed by atoms with Crippen LogP contribution in [0.4, 0.5) is 0 Å². The van der Waals surface area contributed by atoms with Crippen LogP contribution < -0.4 is 0 Å². The lowest BCUT2D eigenvalue weighted by Crippen LogP contribution is -2.07. The second-order valence-electron chi connectivity index (χ2n) is 7.67. The van der Waals surface area contributed by atoms with Crippen LogP contribution in [0, 0.1) is 0 Å². The van der Waals surface area contributed by atoms with E-state index < -0.39 is 19.3 Å². The van der Waals surface area contributed by atoms with Crippen molar-refractivity contribution in [2.24, 2.45) is 0 Å². The highest BCUT2D eigenvalue weighted by Gasteiger charge is 2.36. The quantitative estimate of drug-likeness (QED) is 0.147. The highest BCUT2D eigenvalue weighted by Crippen LogP contribution is 2.63. The van der Waals surface area contributed by atoms with E-state index in [1.54, 1.807) is 38.1 Å². The van der Waals surface area contributed by atoms with E-state index >= 15 is 0 Å². The molecule has 0 aliphatic heterocycles. The molecule has 35 heavy (non-hydrogen) atoms. The Balaban J connectivity index is 2.14. The molecular formula is C27H24ClO6P. The molecule has 6 nitrogen and oxygen atoms in total. The SMILES string of the molecule is CCOP(=O)(OCC)/C(=C(/O)c1cc2ccccc2cc1C(=O)OCl)c1cccc2ccccc12. The lowest BCUT2D eigenvalue weighted by atomic mass is 9.97. The number of hydrogen-bond donors (Lipinski definition) is 1. The summed E-state index contributed by atoms with van der Waals surface area (Å²) < 4.78 is 30.0. The zero-order valence-corrected chi connectivity index (χ0v) is 20.9. The van der Waals surface area contributed by atoms with E-state index in [1.807, 2.05) is 54.6 Å². The molecule has 0 amide bonds. The van der Waals surface area contributed by atoms with Gasteiger partial charge in [0.25, 0.3) is 0 Å². The zero-order chi connectivity index (χ0) is 25.0. The van der Waals surface area contributed by atoms with E-state index in [0.717, 1.165) is 21.5 Å². The van der Waals surface area contributed by atoms with Crippen LogP contribution >= 0.6 is 19.5 Å². The normalized spacial score (nSPS) is 12.5. The molecule has 0 unspecified atom stereocenters. The molecule has 0 aromatic heterocycles. The van der Waals surface area contributed by atoms with Crippen LogP contribution in [0.5, 0.6) is 0 Å². The maximum absolute atomic E-state index is 14.2. The molecule has 8 heteroatoms. The number of hydrogen-bond acceptors (Lipinski definition) is 6. The summed E-state index contributed by atoms with van der Waals surface area (Å²) >= 11 is 5.43. The predicted octanol–water partition coefficient (Wildman–Crippen LogP) is 7.95. The van der Waals surface area contributed by atoms with Crippen molar-refractivity contribution < 1.29 is 27.8 Å². The van der Waals surface area contributed by atoms with Crippen LogP contribution in [0.15, 0.2) is 78.9 Å². The zero-order valence-electron chi connectivity index (χ0n) is 19.2. The van der Waals surface area contributed by atoms with Gasteiger partial charge < -0.3 is 18.4 Å². The summed E-state index contributed by atoms with van der Waals surface area (Å²) in [6, 6.07) is 23.5. The van der Waals surface area contributed by atoms with Gasteiger partial charge in [-0.1, -0.05) is 66.7 Å². The Hall–Kier alpha value is -3.15. The van der Waals surface area contributed by atoms with Crippen LogP contribution in [0.1, 0.15) is 35.3 Å². The third-order valence-electron chi connectivity index (χ3n) is 5.57. The molecule has 4 aromatic carbocycles. The number of carbonyl (C=O) groups excluding carboxylic acids is 1. The van der Waals surface area contributed by atoms with E-state index in [2.05, 4.69) is 4.29 Å². The second-order valence-corrected chi connectivity index (χ2v) is 9.78. The monoisotopic (exact) mass is 510 g/mol. The molecule has 4 aromatic rings. The van der Waals surface area contributed by atoms with Crippen molar-refractivity contribution in [1.82, 2.24) is 0 Å². The van der Waals surface area contributed by atoms with E-state index in [1.165, 1.54) is 0 Å². The number of aliphatic hydroxyl groups excluding tert-OH is 1. The van der Waals surface area contributed by atoms with Crippen molar-refractivity contribution in [2.45, 2.75) is 13.8 Å². The molecule has 0 heterocycles. The molecule has 1 N–H and O–H groups in total. The van der Waals surface area contributed by atoms with Gasteiger partial charge in [-0.05, 0) is 47.5 Å². The van der Waals surface area contributed by atoms with Crippen molar-refractivity contribution in [3.8, 4) is 0 Å². The van der Waals surface area contributed by atoms with Crippen LogP contribution in [-0.2, 0) is 17.9 Å². The van der Waals surface area contributed by atoms with E-state index in [9.17, 15) is 14.5 Å². The van der Waals surface area contributed by atoms with Crippen LogP contribution in [0.25, 0.3) is 32.6 Å². The first-order chi connectivity index (χ1) is 16.9. The van der Waals surface area contributed by atoms with Crippen molar-refractivity contribution in [1.29, 1.82) is 0 Å². The smallest absolute Gasteiger partial charge is 0.365 e. The molecule has 0 aliphatic rings.